The number of carboxylic acids is 1. The number of nitrogens with zero attached hydrogens (tertiary/aromatic N) is 1. The highest BCUT2D eigenvalue weighted by molar-refractivity contribution is 5.80. The summed E-state index contributed by atoms with van der Waals surface area (Å²) in [6, 6.07) is 8.63. The molecule has 0 radical (unpaired) electrons. The minimum atomic E-state index is -0.917. The standard InChI is InChI=1S/C15H16N2O2/c1-10-7-8-16-9-12(10)14(15(18)19)17-13-6-4-3-5-11(13)2/h3-9,14,17H,1-2H3,(H,18,19). The summed E-state index contributed by atoms with van der Waals surface area (Å²) in [5, 5.41) is 12.5. The molecule has 98 valence electrons. The molecule has 1 aromatic heterocycles. The second-order valence-corrected chi connectivity index (χ2v) is 4.46. The van der Waals surface area contributed by atoms with Crippen LogP contribution in [0.3, 0.4) is 0 Å². The third kappa shape index (κ3) is 2.91. The minimum absolute atomic E-state index is 0.679. The molecule has 0 spiro atoms. The van der Waals surface area contributed by atoms with Crippen LogP contribution < -0.4 is 5.32 Å². The molecule has 0 saturated heterocycles. The zero-order valence-corrected chi connectivity index (χ0v) is 10.9. The summed E-state index contributed by atoms with van der Waals surface area (Å²) in [5.74, 6) is -0.917. The lowest BCUT2D eigenvalue weighted by Gasteiger charge is -2.19. The van der Waals surface area contributed by atoms with Crippen molar-refractivity contribution in [3.8, 4) is 0 Å². The minimum Gasteiger partial charge on any atom is -0.479 e. The van der Waals surface area contributed by atoms with Crippen LogP contribution in [0.15, 0.2) is 42.7 Å². The van der Waals surface area contributed by atoms with Gasteiger partial charge in [0.2, 0.25) is 0 Å². The van der Waals surface area contributed by atoms with Gasteiger partial charge < -0.3 is 10.4 Å². The molecule has 0 saturated carbocycles. The molecule has 4 nitrogen and oxygen atoms in total. The van der Waals surface area contributed by atoms with Crippen LogP contribution in [0, 0.1) is 13.8 Å². The van der Waals surface area contributed by atoms with E-state index in [1.807, 2.05) is 44.2 Å². The molecule has 0 bridgehead atoms. The van der Waals surface area contributed by atoms with Crippen LogP contribution in [-0.4, -0.2) is 16.1 Å². The van der Waals surface area contributed by atoms with E-state index in [0.717, 1.165) is 16.8 Å². The monoisotopic (exact) mass is 256 g/mol. The van der Waals surface area contributed by atoms with Crippen molar-refractivity contribution in [3.63, 3.8) is 0 Å². The van der Waals surface area contributed by atoms with Gasteiger partial charge in [-0.05, 0) is 37.1 Å². The van der Waals surface area contributed by atoms with Gasteiger partial charge in [-0.2, -0.15) is 0 Å². The number of para-hydroxylation sites is 1. The van der Waals surface area contributed by atoms with Crippen molar-refractivity contribution in [2.45, 2.75) is 19.9 Å². The number of hydrogen-bond acceptors (Lipinski definition) is 3. The zero-order chi connectivity index (χ0) is 13.8. The molecule has 0 aliphatic carbocycles. The Balaban J connectivity index is 2.35. The third-order valence-electron chi connectivity index (χ3n) is 3.08. The predicted molar refractivity (Wildman–Crippen MR) is 74.2 cm³/mol. The van der Waals surface area contributed by atoms with Gasteiger partial charge in [-0.25, -0.2) is 4.79 Å². The number of pyridine rings is 1. The fraction of sp³-hybridized carbons (Fsp3) is 0.200. The van der Waals surface area contributed by atoms with Gasteiger partial charge in [-0.15, -0.1) is 0 Å². The van der Waals surface area contributed by atoms with E-state index in [9.17, 15) is 9.90 Å². The number of benzene rings is 1. The van der Waals surface area contributed by atoms with Crippen molar-refractivity contribution in [1.82, 2.24) is 4.98 Å². The molecule has 0 aliphatic heterocycles. The highest BCUT2D eigenvalue weighted by Crippen LogP contribution is 2.24. The molecule has 2 rings (SSSR count). The molecule has 1 atom stereocenters. The Bertz CT molecular complexity index is 596. The SMILES string of the molecule is Cc1ccccc1NC(C(=O)O)c1cnccc1C. The Labute approximate surface area is 112 Å². The summed E-state index contributed by atoms with van der Waals surface area (Å²) in [7, 11) is 0. The van der Waals surface area contributed by atoms with Crippen molar-refractivity contribution in [3.05, 3.63) is 59.4 Å². The van der Waals surface area contributed by atoms with Crippen LogP contribution in [0.5, 0.6) is 0 Å². The Kier molecular flexibility index (Phi) is 3.80. The Morgan fingerprint density at radius 2 is 1.95 bits per heavy atom. The van der Waals surface area contributed by atoms with Crippen molar-refractivity contribution >= 4 is 11.7 Å². The largest absolute Gasteiger partial charge is 0.479 e. The molecular formula is C15H16N2O2. The van der Waals surface area contributed by atoms with E-state index in [0.29, 0.717) is 5.56 Å². The number of aryl methyl sites for hydroxylation is 2. The van der Waals surface area contributed by atoms with Crippen LogP contribution in [0.1, 0.15) is 22.7 Å². The molecule has 0 aliphatic rings. The van der Waals surface area contributed by atoms with E-state index in [4.69, 9.17) is 0 Å². The van der Waals surface area contributed by atoms with Gasteiger partial charge >= 0.3 is 5.97 Å². The van der Waals surface area contributed by atoms with E-state index in [-0.39, 0.29) is 0 Å². The van der Waals surface area contributed by atoms with Gasteiger partial charge in [-0.1, -0.05) is 18.2 Å². The van der Waals surface area contributed by atoms with E-state index >= 15 is 0 Å². The van der Waals surface area contributed by atoms with Crippen LogP contribution >= 0.6 is 0 Å². The molecule has 1 aromatic carbocycles. The van der Waals surface area contributed by atoms with Gasteiger partial charge in [0.25, 0.3) is 0 Å². The first kappa shape index (κ1) is 13.1. The maximum Gasteiger partial charge on any atom is 0.330 e. The van der Waals surface area contributed by atoms with Gasteiger partial charge in [0.05, 0.1) is 0 Å². The third-order valence-corrected chi connectivity index (χ3v) is 3.08. The molecule has 4 heteroatoms. The number of carbonyl (C=O) groups is 1. The molecule has 0 fully saturated rings. The van der Waals surface area contributed by atoms with Crippen LogP contribution in [0.25, 0.3) is 0 Å². The van der Waals surface area contributed by atoms with Crippen molar-refractivity contribution in [2.75, 3.05) is 5.32 Å². The number of hydrogen-bond donors (Lipinski definition) is 2. The predicted octanol–water partition coefficient (Wildman–Crippen LogP) is 2.94. The smallest absolute Gasteiger partial charge is 0.330 e. The molecular weight excluding hydrogens is 240 g/mol. The van der Waals surface area contributed by atoms with E-state index in [1.54, 1.807) is 12.4 Å². The maximum atomic E-state index is 11.5. The maximum absolute atomic E-state index is 11.5. The normalized spacial score (nSPS) is 11.9. The lowest BCUT2D eigenvalue weighted by atomic mass is 10.0. The van der Waals surface area contributed by atoms with Gasteiger partial charge in [0, 0.05) is 23.6 Å². The van der Waals surface area contributed by atoms with Crippen LogP contribution in [0.4, 0.5) is 5.69 Å². The molecule has 1 heterocycles. The Hall–Kier alpha value is -2.36. The zero-order valence-electron chi connectivity index (χ0n) is 10.9. The fourth-order valence-electron chi connectivity index (χ4n) is 1.94. The van der Waals surface area contributed by atoms with Crippen molar-refractivity contribution < 1.29 is 9.90 Å². The van der Waals surface area contributed by atoms with E-state index in [1.165, 1.54) is 0 Å². The summed E-state index contributed by atoms with van der Waals surface area (Å²) < 4.78 is 0. The fourth-order valence-corrected chi connectivity index (χ4v) is 1.94. The number of nitrogens with one attached hydrogen (secondary N) is 1. The van der Waals surface area contributed by atoms with E-state index < -0.39 is 12.0 Å². The average Bonchev–Trinajstić information content (AvgIpc) is 2.38. The summed E-state index contributed by atoms with van der Waals surface area (Å²) in [6.45, 7) is 3.82. The summed E-state index contributed by atoms with van der Waals surface area (Å²) >= 11 is 0. The van der Waals surface area contributed by atoms with Gasteiger partial charge in [0.15, 0.2) is 6.04 Å². The second-order valence-electron chi connectivity index (χ2n) is 4.46. The summed E-state index contributed by atoms with van der Waals surface area (Å²) in [5.41, 5.74) is 3.41. The van der Waals surface area contributed by atoms with Crippen molar-refractivity contribution in [2.24, 2.45) is 0 Å². The highest BCUT2D eigenvalue weighted by atomic mass is 16.4. The topological polar surface area (TPSA) is 62.2 Å². The lowest BCUT2D eigenvalue weighted by Crippen LogP contribution is -2.22. The van der Waals surface area contributed by atoms with Gasteiger partial charge in [0.1, 0.15) is 0 Å². The molecule has 19 heavy (non-hydrogen) atoms. The molecule has 2 aromatic rings. The van der Waals surface area contributed by atoms with Crippen molar-refractivity contribution in [1.29, 1.82) is 0 Å². The van der Waals surface area contributed by atoms with Crippen LogP contribution in [-0.2, 0) is 4.79 Å². The lowest BCUT2D eigenvalue weighted by molar-refractivity contribution is -0.138. The number of aliphatic carboxylic acids is 1. The number of anilines is 1. The average molecular weight is 256 g/mol. The first-order valence-corrected chi connectivity index (χ1v) is 6.05. The molecule has 2 N–H and O–H groups in total. The summed E-state index contributed by atoms with van der Waals surface area (Å²) in [6.07, 6.45) is 3.25. The quantitative estimate of drug-likeness (QED) is 0.882. The summed E-state index contributed by atoms with van der Waals surface area (Å²) in [4.78, 5) is 15.5. The molecule has 0 amide bonds. The second kappa shape index (κ2) is 5.52. The first-order chi connectivity index (χ1) is 9.09. The number of aromatic nitrogens is 1. The number of carboxylic acid groups (broad SMARTS) is 1. The Morgan fingerprint density at radius 1 is 1.21 bits per heavy atom. The number of rotatable bonds is 4. The van der Waals surface area contributed by atoms with E-state index in [2.05, 4.69) is 10.3 Å². The van der Waals surface area contributed by atoms with Gasteiger partial charge in [-0.3, -0.25) is 4.98 Å². The Morgan fingerprint density at radius 3 is 2.58 bits per heavy atom. The molecule has 1 unspecified atom stereocenters. The van der Waals surface area contributed by atoms with Crippen LogP contribution in [0.2, 0.25) is 0 Å². The highest BCUT2D eigenvalue weighted by Gasteiger charge is 2.22. The first-order valence-electron chi connectivity index (χ1n) is 6.05.